The first-order valence-corrected chi connectivity index (χ1v) is 4.84. The maximum Gasteiger partial charge on any atom is 0.217 e. The zero-order valence-electron chi connectivity index (χ0n) is 8.58. The zero-order chi connectivity index (χ0) is 11.9. The molecule has 16 heavy (non-hydrogen) atoms. The van der Waals surface area contributed by atoms with E-state index in [0.29, 0.717) is 0 Å². The highest BCUT2D eigenvalue weighted by molar-refractivity contribution is 5.73. The normalized spacial score (nSPS) is 46.1. The average Bonchev–Trinajstić information content (AvgIpc) is 2.65. The first-order chi connectivity index (χ1) is 7.50. The first kappa shape index (κ1) is 11.3. The fourth-order valence-electron chi connectivity index (χ4n) is 1.96. The number of nitrogens with one attached hydrogen (secondary N) is 1. The molecule has 1 amide bonds. The summed E-state index contributed by atoms with van der Waals surface area (Å²) in [4.78, 5) is 10.9. The van der Waals surface area contributed by atoms with E-state index in [-0.39, 0.29) is 12.5 Å². The lowest BCUT2D eigenvalue weighted by molar-refractivity contribution is -0.207. The summed E-state index contributed by atoms with van der Waals surface area (Å²) in [6.45, 7) is 1.16. The molecule has 5 atom stereocenters. The Hall–Kier alpha value is -1.20. The van der Waals surface area contributed by atoms with Crippen LogP contribution in [-0.4, -0.2) is 52.9 Å². The number of carbonyl (C=O) groups is 1. The van der Waals surface area contributed by atoms with Gasteiger partial charge in [-0.15, -0.1) is 0 Å². The highest BCUT2D eigenvalue weighted by Crippen LogP contribution is 2.36. The Balaban J connectivity index is 2.23. The van der Waals surface area contributed by atoms with E-state index >= 15 is 0 Å². The lowest BCUT2D eigenvalue weighted by Crippen LogP contribution is -2.64. The van der Waals surface area contributed by atoms with Crippen molar-refractivity contribution in [1.29, 1.82) is 5.26 Å². The van der Waals surface area contributed by atoms with Crippen LogP contribution in [0.15, 0.2) is 0 Å². The van der Waals surface area contributed by atoms with Crippen LogP contribution < -0.4 is 5.32 Å². The molecule has 0 spiro atoms. The van der Waals surface area contributed by atoms with Crippen LogP contribution in [0, 0.1) is 11.3 Å². The van der Waals surface area contributed by atoms with E-state index in [0.717, 1.165) is 0 Å². The van der Waals surface area contributed by atoms with Crippen molar-refractivity contribution in [3.8, 4) is 6.07 Å². The van der Waals surface area contributed by atoms with Crippen LogP contribution in [0.2, 0.25) is 0 Å². The molecule has 0 radical (unpaired) electrons. The number of amides is 1. The van der Waals surface area contributed by atoms with Crippen molar-refractivity contribution in [2.45, 2.75) is 37.1 Å². The number of rotatable bonds is 1. The van der Waals surface area contributed by atoms with Gasteiger partial charge >= 0.3 is 0 Å². The van der Waals surface area contributed by atoms with Crippen LogP contribution in [0.1, 0.15) is 6.92 Å². The molecule has 0 aliphatic carbocycles. The highest BCUT2D eigenvalue weighted by atomic mass is 16.7. The van der Waals surface area contributed by atoms with Crippen LogP contribution in [0.5, 0.6) is 0 Å². The third kappa shape index (κ3) is 1.47. The average molecular weight is 228 g/mol. The second kappa shape index (κ2) is 3.68. The number of ether oxygens (including phenoxy) is 2. The molecular formula is C9H12N2O5. The number of nitrogens with zero attached hydrogens (tertiary/aromatic N) is 1. The molecule has 2 fully saturated rings. The molecule has 7 nitrogen and oxygen atoms in total. The first-order valence-electron chi connectivity index (χ1n) is 4.84. The van der Waals surface area contributed by atoms with Gasteiger partial charge in [-0.2, -0.15) is 5.26 Å². The summed E-state index contributed by atoms with van der Waals surface area (Å²) in [7, 11) is 0. The predicted octanol–water partition coefficient (Wildman–Crippen LogP) is -2.14. The van der Waals surface area contributed by atoms with Crippen molar-refractivity contribution in [3.63, 3.8) is 0 Å². The smallest absolute Gasteiger partial charge is 0.217 e. The summed E-state index contributed by atoms with van der Waals surface area (Å²) in [6, 6.07) is 0.929. The summed E-state index contributed by atoms with van der Waals surface area (Å²) in [5, 5.41) is 30.9. The maximum atomic E-state index is 10.9. The molecule has 2 bridgehead atoms. The Labute approximate surface area is 91.6 Å². The fourth-order valence-corrected chi connectivity index (χ4v) is 1.96. The molecule has 0 unspecified atom stereocenters. The van der Waals surface area contributed by atoms with E-state index in [1.165, 1.54) is 6.92 Å². The molecular weight excluding hydrogens is 216 g/mol. The van der Waals surface area contributed by atoms with Gasteiger partial charge in [-0.1, -0.05) is 0 Å². The van der Waals surface area contributed by atoms with E-state index in [9.17, 15) is 15.0 Å². The molecule has 2 rings (SSSR count). The summed E-state index contributed by atoms with van der Waals surface area (Å²) < 4.78 is 10.4. The van der Waals surface area contributed by atoms with Gasteiger partial charge in [0.1, 0.15) is 24.3 Å². The van der Waals surface area contributed by atoms with Crippen molar-refractivity contribution in [3.05, 3.63) is 0 Å². The summed E-state index contributed by atoms with van der Waals surface area (Å²) in [5.74, 6) is -0.375. The Morgan fingerprint density at radius 1 is 1.62 bits per heavy atom. The number of aliphatic hydroxyl groups is 2. The number of aliphatic hydroxyl groups excluding tert-OH is 2. The second-order valence-corrected chi connectivity index (χ2v) is 3.96. The van der Waals surface area contributed by atoms with Gasteiger partial charge in [0.25, 0.3) is 0 Å². The zero-order valence-corrected chi connectivity index (χ0v) is 8.58. The number of carbonyl (C=O) groups excluding carboxylic acids is 1. The van der Waals surface area contributed by atoms with E-state index in [1.54, 1.807) is 6.07 Å². The summed E-state index contributed by atoms with van der Waals surface area (Å²) in [6.07, 6.45) is -3.60. The van der Waals surface area contributed by atoms with Gasteiger partial charge in [-0.05, 0) is 0 Å². The third-order valence-corrected chi connectivity index (χ3v) is 2.81. The fraction of sp³-hybridized carbons (Fsp3) is 0.778. The minimum absolute atomic E-state index is 0.123. The molecule has 0 aromatic rings. The molecule has 2 saturated heterocycles. The molecule has 2 heterocycles. The van der Waals surface area contributed by atoms with Crippen LogP contribution >= 0.6 is 0 Å². The predicted molar refractivity (Wildman–Crippen MR) is 48.8 cm³/mol. The minimum Gasteiger partial charge on any atom is -0.388 e. The lowest BCUT2D eigenvalue weighted by atomic mass is 9.89. The minimum atomic E-state index is -1.53. The molecule has 2 aliphatic rings. The van der Waals surface area contributed by atoms with Gasteiger partial charge in [-0.25, -0.2) is 0 Å². The largest absolute Gasteiger partial charge is 0.388 e. The molecule has 2 aliphatic heterocycles. The standard InChI is InChI=1S/C9H12N2O5/c1-4(12)11-5-6(13)7(14)9(2-10)3-15-8(5)16-9/h5-8,13-14H,3H2,1H3,(H,11,12)/t5-,6-,7-,8+,9+/m1/s1. The number of hydrogen-bond acceptors (Lipinski definition) is 6. The molecule has 0 aromatic heterocycles. The van der Waals surface area contributed by atoms with Crippen LogP contribution in [-0.2, 0) is 14.3 Å². The Morgan fingerprint density at radius 2 is 2.31 bits per heavy atom. The van der Waals surface area contributed by atoms with E-state index in [4.69, 9.17) is 14.7 Å². The lowest BCUT2D eigenvalue weighted by Gasteiger charge is -2.39. The SMILES string of the molecule is CC(=O)N[C@H]1[C@H]2OC[C@](C#N)(O2)[C@H](O)[C@@H]1O. The molecule has 0 aromatic carbocycles. The maximum absolute atomic E-state index is 10.9. The van der Waals surface area contributed by atoms with Gasteiger partial charge in [0.15, 0.2) is 6.29 Å². The van der Waals surface area contributed by atoms with Crippen molar-refractivity contribution >= 4 is 5.91 Å². The second-order valence-electron chi connectivity index (χ2n) is 3.96. The molecule has 0 saturated carbocycles. The van der Waals surface area contributed by atoms with Gasteiger partial charge < -0.3 is 25.0 Å². The molecule has 7 heteroatoms. The third-order valence-electron chi connectivity index (χ3n) is 2.81. The Bertz CT molecular complexity index is 354. The van der Waals surface area contributed by atoms with Gasteiger partial charge in [0, 0.05) is 6.92 Å². The van der Waals surface area contributed by atoms with Crippen molar-refractivity contribution < 1.29 is 24.5 Å². The summed E-state index contributed by atoms with van der Waals surface area (Å²) in [5.41, 5.74) is -1.53. The molecule has 3 N–H and O–H groups in total. The monoisotopic (exact) mass is 228 g/mol. The number of hydrogen-bond donors (Lipinski definition) is 3. The quantitative estimate of drug-likeness (QED) is 0.472. The van der Waals surface area contributed by atoms with Gasteiger partial charge in [-0.3, -0.25) is 4.79 Å². The van der Waals surface area contributed by atoms with E-state index < -0.39 is 30.1 Å². The van der Waals surface area contributed by atoms with E-state index in [1.807, 2.05) is 0 Å². The van der Waals surface area contributed by atoms with Gasteiger partial charge in [0.2, 0.25) is 11.5 Å². The van der Waals surface area contributed by atoms with Crippen molar-refractivity contribution in [1.82, 2.24) is 5.32 Å². The van der Waals surface area contributed by atoms with Crippen LogP contribution in [0.25, 0.3) is 0 Å². The topological polar surface area (TPSA) is 112 Å². The van der Waals surface area contributed by atoms with Gasteiger partial charge in [0.05, 0.1) is 6.61 Å². The van der Waals surface area contributed by atoms with Crippen molar-refractivity contribution in [2.75, 3.05) is 6.61 Å². The number of nitriles is 1. The Morgan fingerprint density at radius 3 is 2.88 bits per heavy atom. The Kier molecular flexibility index (Phi) is 2.59. The summed E-state index contributed by atoms with van der Waals surface area (Å²) >= 11 is 0. The highest BCUT2D eigenvalue weighted by Gasteiger charge is 2.60. The van der Waals surface area contributed by atoms with Crippen LogP contribution in [0.3, 0.4) is 0 Å². The molecule has 88 valence electrons. The van der Waals surface area contributed by atoms with E-state index in [2.05, 4.69) is 5.32 Å². The van der Waals surface area contributed by atoms with Crippen LogP contribution in [0.4, 0.5) is 0 Å². The van der Waals surface area contributed by atoms with Crippen molar-refractivity contribution in [2.24, 2.45) is 0 Å². The number of fused-ring (bicyclic) bond motifs is 2.